The molecule has 0 unspecified atom stereocenters. The van der Waals surface area contributed by atoms with Crippen molar-refractivity contribution in [2.45, 2.75) is 20.3 Å². The van der Waals surface area contributed by atoms with Gasteiger partial charge in [-0.05, 0) is 65.2 Å². The molecule has 0 radical (unpaired) electrons. The lowest BCUT2D eigenvalue weighted by atomic mass is 10.2. The monoisotopic (exact) mass is 403 g/mol. The number of ether oxygens (including phenoxy) is 2. The minimum Gasteiger partial charge on any atom is -0.492 e. The van der Waals surface area contributed by atoms with Crippen LogP contribution in [0.4, 0.5) is 5.69 Å². The Bertz CT molecular complexity index is 758. The van der Waals surface area contributed by atoms with Crippen LogP contribution in [0.3, 0.4) is 0 Å². The third-order valence-electron chi connectivity index (χ3n) is 3.27. The summed E-state index contributed by atoms with van der Waals surface area (Å²) < 4.78 is 12.0. The van der Waals surface area contributed by atoms with E-state index in [4.69, 9.17) is 9.47 Å². The maximum Gasteiger partial charge on any atom is 0.255 e. The van der Waals surface area contributed by atoms with E-state index in [9.17, 15) is 4.79 Å². The van der Waals surface area contributed by atoms with E-state index in [0.29, 0.717) is 30.2 Å². The Hall–Kier alpha value is -2.27. The number of hydrogen-bond acceptors (Lipinski definition) is 3. The highest BCUT2D eigenvalue weighted by Crippen LogP contribution is 2.28. The number of nitrogens with one attached hydrogen (secondary N) is 1. The number of rotatable bonds is 8. The fourth-order valence-electron chi connectivity index (χ4n) is 2.06. The summed E-state index contributed by atoms with van der Waals surface area (Å²) in [6.07, 6.45) is 0.926. The molecule has 4 nitrogen and oxygen atoms in total. The third kappa shape index (κ3) is 5.64. The first-order valence-electron chi connectivity index (χ1n) is 8.11. The number of carbonyl (C=O) groups is 1. The zero-order valence-electron chi connectivity index (χ0n) is 14.5. The maximum atomic E-state index is 12.5. The number of halogens is 1. The molecule has 0 saturated carbocycles. The SMILES string of the molecule is C=C(C)COc1ccccc1NC(=O)c1ccc(OCCC)c(Br)c1. The third-order valence-corrected chi connectivity index (χ3v) is 3.88. The summed E-state index contributed by atoms with van der Waals surface area (Å²) in [6, 6.07) is 12.6. The Kier molecular flexibility index (Phi) is 7.07. The van der Waals surface area contributed by atoms with Gasteiger partial charge in [0.2, 0.25) is 0 Å². The molecule has 0 heterocycles. The van der Waals surface area contributed by atoms with E-state index in [2.05, 4.69) is 27.8 Å². The van der Waals surface area contributed by atoms with Gasteiger partial charge in [0.05, 0.1) is 16.8 Å². The topological polar surface area (TPSA) is 47.6 Å². The van der Waals surface area contributed by atoms with Crippen molar-refractivity contribution in [1.82, 2.24) is 0 Å². The van der Waals surface area contributed by atoms with E-state index in [0.717, 1.165) is 22.2 Å². The maximum absolute atomic E-state index is 12.5. The van der Waals surface area contributed by atoms with Gasteiger partial charge in [0.15, 0.2) is 0 Å². The number of para-hydroxylation sites is 2. The fourth-order valence-corrected chi connectivity index (χ4v) is 2.56. The van der Waals surface area contributed by atoms with Crippen LogP contribution in [-0.4, -0.2) is 19.1 Å². The first kappa shape index (κ1) is 19.1. The standard InChI is InChI=1S/C20H22BrNO3/c1-4-11-24-18-10-9-15(12-16(18)21)20(23)22-17-7-5-6-8-19(17)25-13-14(2)3/h5-10,12H,2,4,11,13H2,1,3H3,(H,22,23). The van der Waals surface area contributed by atoms with Crippen LogP contribution < -0.4 is 14.8 Å². The quantitative estimate of drug-likeness (QED) is 0.596. The highest BCUT2D eigenvalue weighted by molar-refractivity contribution is 9.10. The summed E-state index contributed by atoms with van der Waals surface area (Å²) in [4.78, 5) is 12.5. The minimum atomic E-state index is -0.214. The molecule has 0 atom stereocenters. The van der Waals surface area contributed by atoms with E-state index in [1.54, 1.807) is 24.3 Å². The highest BCUT2D eigenvalue weighted by Gasteiger charge is 2.12. The normalized spacial score (nSPS) is 10.2. The molecule has 2 aromatic rings. The zero-order valence-corrected chi connectivity index (χ0v) is 16.1. The van der Waals surface area contributed by atoms with Crippen molar-refractivity contribution in [3.8, 4) is 11.5 Å². The molecule has 0 spiro atoms. The average Bonchev–Trinajstić information content (AvgIpc) is 2.59. The molecular formula is C20H22BrNO3. The molecule has 0 saturated heterocycles. The number of hydrogen-bond donors (Lipinski definition) is 1. The predicted molar refractivity (Wildman–Crippen MR) is 105 cm³/mol. The lowest BCUT2D eigenvalue weighted by molar-refractivity contribution is 0.102. The van der Waals surface area contributed by atoms with Crippen LogP contribution in [0.1, 0.15) is 30.6 Å². The molecule has 0 aliphatic carbocycles. The van der Waals surface area contributed by atoms with Gasteiger partial charge in [0, 0.05) is 5.56 Å². The average molecular weight is 404 g/mol. The van der Waals surface area contributed by atoms with Crippen LogP contribution in [-0.2, 0) is 0 Å². The Balaban J connectivity index is 2.12. The lowest BCUT2D eigenvalue weighted by Gasteiger charge is -2.13. The van der Waals surface area contributed by atoms with Crippen LogP contribution in [0.2, 0.25) is 0 Å². The molecule has 1 N–H and O–H groups in total. The van der Waals surface area contributed by atoms with Gasteiger partial charge in [0.1, 0.15) is 18.1 Å². The summed E-state index contributed by atoms with van der Waals surface area (Å²) in [6.45, 7) is 8.79. The molecule has 2 rings (SSSR count). The van der Waals surface area contributed by atoms with Crippen molar-refractivity contribution in [2.75, 3.05) is 18.5 Å². The van der Waals surface area contributed by atoms with Crippen LogP contribution in [0, 0.1) is 0 Å². The van der Waals surface area contributed by atoms with Crippen LogP contribution >= 0.6 is 15.9 Å². The summed E-state index contributed by atoms with van der Waals surface area (Å²) in [7, 11) is 0. The van der Waals surface area contributed by atoms with E-state index < -0.39 is 0 Å². The molecule has 0 aromatic heterocycles. The second kappa shape index (κ2) is 9.28. The lowest BCUT2D eigenvalue weighted by Crippen LogP contribution is -2.13. The molecule has 0 aliphatic heterocycles. The number of anilines is 1. The molecule has 1 amide bonds. The van der Waals surface area contributed by atoms with Crippen molar-refractivity contribution in [1.29, 1.82) is 0 Å². The van der Waals surface area contributed by atoms with Gasteiger partial charge in [-0.1, -0.05) is 25.6 Å². The van der Waals surface area contributed by atoms with Gasteiger partial charge in [-0.2, -0.15) is 0 Å². The minimum absolute atomic E-state index is 0.214. The first-order chi connectivity index (χ1) is 12.0. The number of carbonyl (C=O) groups excluding carboxylic acids is 1. The van der Waals surface area contributed by atoms with Gasteiger partial charge >= 0.3 is 0 Å². The van der Waals surface area contributed by atoms with E-state index in [1.165, 1.54) is 0 Å². The summed E-state index contributed by atoms with van der Waals surface area (Å²) in [5.74, 6) is 1.12. The summed E-state index contributed by atoms with van der Waals surface area (Å²) >= 11 is 3.45. The van der Waals surface area contributed by atoms with Crippen LogP contribution in [0.15, 0.2) is 59.1 Å². The number of benzene rings is 2. The predicted octanol–water partition coefficient (Wildman–Crippen LogP) is 5.45. The van der Waals surface area contributed by atoms with Crippen molar-refractivity contribution in [2.24, 2.45) is 0 Å². The Labute approximate surface area is 157 Å². The van der Waals surface area contributed by atoms with E-state index in [1.807, 2.05) is 32.0 Å². The summed E-state index contributed by atoms with van der Waals surface area (Å²) in [5, 5.41) is 2.89. The fraction of sp³-hybridized carbons (Fsp3) is 0.250. The summed E-state index contributed by atoms with van der Waals surface area (Å²) in [5.41, 5.74) is 2.06. The smallest absolute Gasteiger partial charge is 0.255 e. The van der Waals surface area contributed by atoms with Crippen LogP contribution in [0.25, 0.3) is 0 Å². The van der Waals surface area contributed by atoms with Gasteiger partial charge in [-0.25, -0.2) is 0 Å². The molecule has 0 aliphatic rings. The van der Waals surface area contributed by atoms with E-state index in [-0.39, 0.29) is 5.91 Å². The second-order valence-electron chi connectivity index (χ2n) is 5.69. The molecular weight excluding hydrogens is 382 g/mol. The molecule has 2 aromatic carbocycles. The molecule has 25 heavy (non-hydrogen) atoms. The molecule has 5 heteroatoms. The second-order valence-corrected chi connectivity index (χ2v) is 6.54. The van der Waals surface area contributed by atoms with Crippen molar-refractivity contribution < 1.29 is 14.3 Å². The first-order valence-corrected chi connectivity index (χ1v) is 8.90. The molecule has 132 valence electrons. The van der Waals surface area contributed by atoms with Gasteiger partial charge in [-0.15, -0.1) is 0 Å². The van der Waals surface area contributed by atoms with Gasteiger partial charge < -0.3 is 14.8 Å². The number of amides is 1. The molecule has 0 bridgehead atoms. The van der Waals surface area contributed by atoms with Crippen LogP contribution in [0.5, 0.6) is 11.5 Å². The van der Waals surface area contributed by atoms with Crippen molar-refractivity contribution in [3.05, 3.63) is 64.7 Å². The van der Waals surface area contributed by atoms with Crippen molar-refractivity contribution >= 4 is 27.5 Å². The largest absolute Gasteiger partial charge is 0.492 e. The Morgan fingerprint density at radius 1 is 1.16 bits per heavy atom. The molecule has 0 fully saturated rings. The Morgan fingerprint density at radius 3 is 2.60 bits per heavy atom. The van der Waals surface area contributed by atoms with Crippen molar-refractivity contribution in [3.63, 3.8) is 0 Å². The zero-order chi connectivity index (χ0) is 18.2. The van der Waals surface area contributed by atoms with E-state index >= 15 is 0 Å². The Morgan fingerprint density at radius 2 is 1.92 bits per heavy atom. The van der Waals surface area contributed by atoms with Gasteiger partial charge in [0.25, 0.3) is 5.91 Å². The van der Waals surface area contributed by atoms with Gasteiger partial charge in [-0.3, -0.25) is 4.79 Å². The highest BCUT2D eigenvalue weighted by atomic mass is 79.9.